The van der Waals surface area contributed by atoms with E-state index in [9.17, 15) is 4.79 Å². The van der Waals surface area contributed by atoms with Crippen LogP contribution in [0.25, 0.3) is 11.3 Å². The van der Waals surface area contributed by atoms with Crippen molar-refractivity contribution in [3.63, 3.8) is 0 Å². The molecule has 5 nitrogen and oxygen atoms in total. The zero-order valence-electron chi connectivity index (χ0n) is 12.0. The molecule has 0 saturated carbocycles. The third-order valence-corrected chi connectivity index (χ3v) is 3.21. The average Bonchev–Trinajstić information content (AvgIpc) is 2.81. The number of hydrogen-bond acceptors (Lipinski definition) is 4. The van der Waals surface area contributed by atoms with E-state index >= 15 is 0 Å². The summed E-state index contributed by atoms with van der Waals surface area (Å²) in [6.45, 7) is 5.79. The first-order valence-corrected chi connectivity index (χ1v) is 6.37. The highest BCUT2D eigenvalue weighted by Gasteiger charge is 2.23. The maximum absolute atomic E-state index is 11.1. The van der Waals surface area contributed by atoms with Crippen LogP contribution in [-0.2, 0) is 6.42 Å². The molecule has 5 heteroatoms. The Kier molecular flexibility index (Phi) is 3.79. The lowest BCUT2D eigenvalue weighted by Crippen LogP contribution is -2.00. The molecule has 2 rings (SSSR count). The highest BCUT2D eigenvalue weighted by atomic mass is 16.5. The summed E-state index contributed by atoms with van der Waals surface area (Å²) in [4.78, 5) is 11.1. The normalized spacial score (nSPS) is 10.6. The molecular weight excluding hydrogens is 258 g/mol. The number of carboxylic acid groups (broad SMARTS) is 1. The SMILES string of the molecule is CCc1c(-c2cc(C)cc(C)c2OC)noc1C(=O)O. The second-order valence-electron chi connectivity index (χ2n) is 4.66. The van der Waals surface area contributed by atoms with Crippen molar-refractivity contribution in [2.24, 2.45) is 0 Å². The summed E-state index contributed by atoms with van der Waals surface area (Å²) >= 11 is 0. The van der Waals surface area contributed by atoms with Gasteiger partial charge in [-0.05, 0) is 37.5 Å². The number of aryl methyl sites for hydroxylation is 2. The molecule has 1 aromatic heterocycles. The zero-order valence-corrected chi connectivity index (χ0v) is 12.0. The number of benzene rings is 1. The van der Waals surface area contributed by atoms with Gasteiger partial charge in [0.15, 0.2) is 0 Å². The number of carbonyl (C=O) groups is 1. The number of rotatable bonds is 4. The number of nitrogens with zero attached hydrogens (tertiary/aromatic N) is 1. The second kappa shape index (κ2) is 5.36. The minimum absolute atomic E-state index is 0.108. The molecular formula is C15H17NO4. The Balaban J connectivity index is 2.71. The van der Waals surface area contributed by atoms with Crippen molar-refractivity contribution < 1.29 is 19.2 Å². The van der Waals surface area contributed by atoms with E-state index in [0.717, 1.165) is 16.7 Å². The molecule has 0 aliphatic heterocycles. The molecule has 0 amide bonds. The maximum Gasteiger partial charge on any atom is 0.375 e. The summed E-state index contributed by atoms with van der Waals surface area (Å²) in [7, 11) is 1.59. The van der Waals surface area contributed by atoms with Crippen LogP contribution in [0.2, 0.25) is 0 Å². The fourth-order valence-corrected chi connectivity index (χ4v) is 2.42. The third kappa shape index (κ3) is 2.27. The van der Waals surface area contributed by atoms with E-state index in [2.05, 4.69) is 5.16 Å². The molecule has 0 fully saturated rings. The molecule has 0 radical (unpaired) electrons. The summed E-state index contributed by atoms with van der Waals surface area (Å²) in [6, 6.07) is 3.93. The van der Waals surface area contributed by atoms with Crippen molar-refractivity contribution in [3.05, 3.63) is 34.6 Å². The highest BCUT2D eigenvalue weighted by molar-refractivity contribution is 5.89. The first-order valence-electron chi connectivity index (χ1n) is 6.37. The van der Waals surface area contributed by atoms with E-state index in [0.29, 0.717) is 23.4 Å². The van der Waals surface area contributed by atoms with Gasteiger partial charge in [0.05, 0.1) is 7.11 Å². The van der Waals surface area contributed by atoms with Crippen molar-refractivity contribution in [2.75, 3.05) is 7.11 Å². The third-order valence-electron chi connectivity index (χ3n) is 3.21. The summed E-state index contributed by atoms with van der Waals surface area (Å²) in [5.41, 5.74) is 3.91. The average molecular weight is 275 g/mol. The Morgan fingerprint density at radius 2 is 2.10 bits per heavy atom. The summed E-state index contributed by atoms with van der Waals surface area (Å²) in [5.74, 6) is -0.525. The van der Waals surface area contributed by atoms with Crippen LogP contribution in [0.5, 0.6) is 5.75 Å². The predicted molar refractivity (Wildman–Crippen MR) is 74.3 cm³/mol. The molecule has 1 N–H and O–H groups in total. The molecule has 0 atom stereocenters. The monoisotopic (exact) mass is 275 g/mol. The molecule has 0 aliphatic carbocycles. The molecule has 0 bridgehead atoms. The Morgan fingerprint density at radius 1 is 1.40 bits per heavy atom. The molecule has 0 saturated heterocycles. The van der Waals surface area contributed by atoms with Gasteiger partial charge in [0.2, 0.25) is 5.76 Å². The Labute approximate surface area is 117 Å². The Morgan fingerprint density at radius 3 is 2.65 bits per heavy atom. The van der Waals surface area contributed by atoms with Gasteiger partial charge < -0.3 is 14.4 Å². The van der Waals surface area contributed by atoms with Crippen molar-refractivity contribution >= 4 is 5.97 Å². The van der Waals surface area contributed by atoms with Gasteiger partial charge in [0.25, 0.3) is 0 Å². The minimum atomic E-state index is -1.11. The van der Waals surface area contributed by atoms with Crippen molar-refractivity contribution in [1.29, 1.82) is 0 Å². The maximum atomic E-state index is 11.1. The smallest absolute Gasteiger partial charge is 0.375 e. The van der Waals surface area contributed by atoms with Crippen molar-refractivity contribution in [2.45, 2.75) is 27.2 Å². The topological polar surface area (TPSA) is 72.6 Å². The highest BCUT2D eigenvalue weighted by Crippen LogP contribution is 2.36. The van der Waals surface area contributed by atoms with Crippen LogP contribution in [-0.4, -0.2) is 23.3 Å². The van der Waals surface area contributed by atoms with E-state index in [-0.39, 0.29) is 5.76 Å². The van der Waals surface area contributed by atoms with Crippen LogP contribution in [0.15, 0.2) is 16.7 Å². The van der Waals surface area contributed by atoms with E-state index in [1.165, 1.54) is 0 Å². The van der Waals surface area contributed by atoms with Gasteiger partial charge in [-0.15, -0.1) is 0 Å². The zero-order chi connectivity index (χ0) is 14.9. The number of aromatic carboxylic acids is 1. The first kappa shape index (κ1) is 14.1. The lowest BCUT2D eigenvalue weighted by atomic mass is 9.99. The fourth-order valence-electron chi connectivity index (χ4n) is 2.42. The van der Waals surface area contributed by atoms with Crippen molar-refractivity contribution in [1.82, 2.24) is 5.16 Å². The fraction of sp³-hybridized carbons (Fsp3) is 0.333. The molecule has 0 spiro atoms. The van der Waals surface area contributed by atoms with Crippen LogP contribution in [0.1, 0.15) is 34.2 Å². The number of methoxy groups -OCH3 is 1. The van der Waals surface area contributed by atoms with Gasteiger partial charge >= 0.3 is 5.97 Å². The number of aromatic nitrogens is 1. The van der Waals surface area contributed by atoms with Gasteiger partial charge in [-0.25, -0.2) is 4.79 Å². The van der Waals surface area contributed by atoms with Gasteiger partial charge in [0, 0.05) is 11.1 Å². The molecule has 2 aromatic rings. The Hall–Kier alpha value is -2.30. The minimum Gasteiger partial charge on any atom is -0.496 e. The van der Waals surface area contributed by atoms with Gasteiger partial charge in [-0.3, -0.25) is 0 Å². The van der Waals surface area contributed by atoms with Crippen LogP contribution in [0.3, 0.4) is 0 Å². The first-order chi connectivity index (χ1) is 9.49. The van der Waals surface area contributed by atoms with E-state index in [1.807, 2.05) is 32.9 Å². The van der Waals surface area contributed by atoms with Crippen molar-refractivity contribution in [3.8, 4) is 17.0 Å². The molecule has 1 aromatic carbocycles. The van der Waals surface area contributed by atoms with Crippen LogP contribution < -0.4 is 4.74 Å². The molecule has 0 unspecified atom stereocenters. The second-order valence-corrected chi connectivity index (χ2v) is 4.66. The molecule has 0 aliphatic rings. The van der Waals surface area contributed by atoms with E-state index in [1.54, 1.807) is 7.11 Å². The quantitative estimate of drug-likeness (QED) is 0.927. The summed E-state index contributed by atoms with van der Waals surface area (Å²) < 4.78 is 10.4. The summed E-state index contributed by atoms with van der Waals surface area (Å²) in [6.07, 6.45) is 0.524. The van der Waals surface area contributed by atoms with E-state index in [4.69, 9.17) is 14.4 Å². The largest absolute Gasteiger partial charge is 0.496 e. The van der Waals surface area contributed by atoms with E-state index < -0.39 is 5.97 Å². The lowest BCUT2D eigenvalue weighted by molar-refractivity contribution is 0.0650. The van der Waals surface area contributed by atoms with Gasteiger partial charge in [-0.1, -0.05) is 18.1 Å². The van der Waals surface area contributed by atoms with Gasteiger partial charge in [-0.2, -0.15) is 0 Å². The number of hydrogen-bond donors (Lipinski definition) is 1. The number of ether oxygens (including phenoxy) is 1. The Bertz CT molecular complexity index is 658. The van der Waals surface area contributed by atoms with Crippen LogP contribution in [0.4, 0.5) is 0 Å². The predicted octanol–water partition coefficient (Wildman–Crippen LogP) is 3.23. The lowest BCUT2D eigenvalue weighted by Gasteiger charge is -2.11. The van der Waals surface area contributed by atoms with Crippen LogP contribution >= 0.6 is 0 Å². The molecule has 1 heterocycles. The standard InChI is InChI=1S/C15H17NO4/c1-5-10-12(16-20-14(10)15(17)18)11-7-8(2)6-9(3)13(11)19-4/h6-7H,5H2,1-4H3,(H,17,18). The summed E-state index contributed by atoms with van der Waals surface area (Å²) in [5, 5.41) is 13.1. The molecule has 106 valence electrons. The van der Waals surface area contributed by atoms with Crippen LogP contribution in [0, 0.1) is 13.8 Å². The van der Waals surface area contributed by atoms with Gasteiger partial charge in [0.1, 0.15) is 11.4 Å². The molecule has 20 heavy (non-hydrogen) atoms. The number of carboxylic acids is 1.